The molecule has 0 aliphatic rings. The average Bonchev–Trinajstić information content (AvgIpc) is 3.14. The lowest BCUT2D eigenvalue weighted by Gasteiger charge is -2.09. The molecule has 0 unspecified atom stereocenters. The van der Waals surface area contributed by atoms with Crippen LogP contribution >= 0.6 is 11.3 Å². The fourth-order valence-corrected chi connectivity index (χ4v) is 3.86. The van der Waals surface area contributed by atoms with Crippen molar-refractivity contribution < 1.29 is 31.1 Å². The zero-order valence-corrected chi connectivity index (χ0v) is 17.1. The van der Waals surface area contributed by atoms with Crippen LogP contribution in [0.25, 0.3) is 10.6 Å². The highest BCUT2D eigenvalue weighted by Crippen LogP contribution is 2.32. The second kappa shape index (κ2) is 8.44. The molecule has 0 aliphatic heterocycles. The third-order valence-corrected chi connectivity index (χ3v) is 5.34. The number of carbonyl (C=O) groups is 1. The molecule has 1 aromatic heterocycles. The standard InChI is InChI=1S/C19H15F3N2O4S2/c1-30(26,27)24-16-5-3-2-4-15(16)18(25)28-10-14-11-29-17(23-14)12-6-8-13(9-7-12)19(20,21)22/h2-9,11,24H,10H2,1H3. The van der Waals surface area contributed by atoms with Gasteiger partial charge in [0.15, 0.2) is 0 Å². The zero-order chi connectivity index (χ0) is 21.9. The predicted octanol–water partition coefficient (Wildman–Crippen LogP) is 4.56. The lowest BCUT2D eigenvalue weighted by Crippen LogP contribution is -2.14. The number of nitrogens with one attached hydrogen (secondary N) is 1. The van der Waals surface area contributed by atoms with E-state index in [0.29, 0.717) is 16.3 Å². The first-order chi connectivity index (χ1) is 14.0. The van der Waals surface area contributed by atoms with Gasteiger partial charge in [-0.2, -0.15) is 13.2 Å². The minimum Gasteiger partial charge on any atom is -0.455 e. The Hall–Kier alpha value is -2.92. The Labute approximate surface area is 174 Å². The third-order valence-electron chi connectivity index (χ3n) is 3.80. The van der Waals surface area contributed by atoms with Crippen LogP contribution in [0.3, 0.4) is 0 Å². The molecule has 3 rings (SSSR count). The molecule has 158 valence electrons. The van der Waals surface area contributed by atoms with Crippen LogP contribution in [0.15, 0.2) is 53.9 Å². The molecule has 1 N–H and O–H groups in total. The van der Waals surface area contributed by atoms with Crippen molar-refractivity contribution in [2.75, 3.05) is 11.0 Å². The van der Waals surface area contributed by atoms with Crippen LogP contribution in [0.5, 0.6) is 0 Å². The second-order valence-corrected chi connectivity index (χ2v) is 8.82. The van der Waals surface area contributed by atoms with Crippen molar-refractivity contribution >= 4 is 33.0 Å². The third kappa shape index (κ3) is 5.57. The number of alkyl halides is 3. The first kappa shape index (κ1) is 21.8. The Morgan fingerprint density at radius 1 is 1.13 bits per heavy atom. The zero-order valence-electron chi connectivity index (χ0n) is 15.4. The van der Waals surface area contributed by atoms with Gasteiger partial charge in [-0.15, -0.1) is 11.3 Å². The highest BCUT2D eigenvalue weighted by Gasteiger charge is 2.30. The summed E-state index contributed by atoms with van der Waals surface area (Å²) in [5, 5.41) is 2.11. The Kier molecular flexibility index (Phi) is 6.13. The molecule has 2 aromatic carbocycles. The molecular weight excluding hydrogens is 441 g/mol. The first-order valence-corrected chi connectivity index (χ1v) is 11.2. The van der Waals surface area contributed by atoms with Crippen molar-refractivity contribution in [3.8, 4) is 10.6 Å². The molecule has 0 bridgehead atoms. The summed E-state index contributed by atoms with van der Waals surface area (Å²) in [5.74, 6) is -0.745. The number of para-hydroxylation sites is 1. The number of benzene rings is 2. The summed E-state index contributed by atoms with van der Waals surface area (Å²) in [6.45, 7) is -0.177. The maximum absolute atomic E-state index is 12.7. The van der Waals surface area contributed by atoms with Gasteiger partial charge in [0.1, 0.15) is 11.6 Å². The average molecular weight is 456 g/mol. The van der Waals surface area contributed by atoms with Crippen LogP contribution in [0.4, 0.5) is 18.9 Å². The number of carbonyl (C=O) groups excluding carboxylic acids is 1. The van der Waals surface area contributed by atoms with Crippen molar-refractivity contribution in [3.05, 3.63) is 70.7 Å². The smallest absolute Gasteiger partial charge is 0.416 e. The molecular formula is C19H15F3N2O4S2. The highest BCUT2D eigenvalue weighted by molar-refractivity contribution is 7.92. The van der Waals surface area contributed by atoms with Gasteiger partial charge in [0.25, 0.3) is 0 Å². The van der Waals surface area contributed by atoms with Gasteiger partial charge >= 0.3 is 12.1 Å². The van der Waals surface area contributed by atoms with Crippen LogP contribution < -0.4 is 4.72 Å². The molecule has 11 heteroatoms. The van der Waals surface area contributed by atoms with Gasteiger partial charge in [-0.3, -0.25) is 4.72 Å². The van der Waals surface area contributed by atoms with E-state index >= 15 is 0 Å². The summed E-state index contributed by atoms with van der Waals surface area (Å²) < 4.78 is 68.3. The van der Waals surface area contributed by atoms with Crippen LogP contribution in [0.1, 0.15) is 21.6 Å². The summed E-state index contributed by atoms with van der Waals surface area (Å²) in [6.07, 6.45) is -3.45. The molecule has 3 aromatic rings. The molecule has 0 fully saturated rings. The van der Waals surface area contributed by atoms with E-state index < -0.39 is 27.7 Å². The minimum absolute atomic E-state index is 0.0427. The van der Waals surface area contributed by atoms with Crippen LogP contribution in [0.2, 0.25) is 0 Å². The van der Waals surface area contributed by atoms with E-state index in [0.717, 1.165) is 18.4 Å². The van der Waals surface area contributed by atoms with E-state index in [-0.39, 0.29) is 17.9 Å². The maximum Gasteiger partial charge on any atom is 0.416 e. The van der Waals surface area contributed by atoms with Crippen molar-refractivity contribution in [1.29, 1.82) is 0 Å². The number of anilines is 1. The van der Waals surface area contributed by atoms with Crippen LogP contribution in [0, 0.1) is 0 Å². The lowest BCUT2D eigenvalue weighted by molar-refractivity contribution is -0.137. The first-order valence-electron chi connectivity index (χ1n) is 8.39. The minimum atomic E-state index is -4.41. The van der Waals surface area contributed by atoms with Gasteiger partial charge in [-0.1, -0.05) is 24.3 Å². The van der Waals surface area contributed by atoms with E-state index in [1.54, 1.807) is 17.5 Å². The molecule has 0 saturated carbocycles. The number of ether oxygens (including phenoxy) is 1. The van der Waals surface area contributed by atoms with Crippen molar-refractivity contribution in [2.24, 2.45) is 0 Å². The normalized spacial score (nSPS) is 11.9. The van der Waals surface area contributed by atoms with Gasteiger partial charge in [0.2, 0.25) is 10.0 Å². The fourth-order valence-electron chi connectivity index (χ4n) is 2.47. The molecule has 0 saturated heterocycles. The summed E-state index contributed by atoms with van der Waals surface area (Å²) >= 11 is 1.20. The van der Waals surface area contributed by atoms with Crippen LogP contribution in [-0.2, 0) is 27.5 Å². The second-order valence-electron chi connectivity index (χ2n) is 6.22. The number of halogens is 3. The van der Waals surface area contributed by atoms with Crippen molar-refractivity contribution in [2.45, 2.75) is 12.8 Å². The number of nitrogens with zero attached hydrogens (tertiary/aromatic N) is 1. The van der Waals surface area contributed by atoms with Gasteiger partial charge in [0, 0.05) is 10.9 Å². The van der Waals surface area contributed by atoms with E-state index in [2.05, 4.69) is 9.71 Å². The molecule has 0 atom stereocenters. The highest BCUT2D eigenvalue weighted by atomic mass is 32.2. The molecule has 30 heavy (non-hydrogen) atoms. The molecule has 0 radical (unpaired) electrons. The Morgan fingerprint density at radius 2 is 1.80 bits per heavy atom. The number of thiazole rings is 1. The van der Waals surface area contributed by atoms with E-state index in [9.17, 15) is 26.4 Å². The molecule has 1 heterocycles. The van der Waals surface area contributed by atoms with Gasteiger partial charge in [0.05, 0.1) is 28.8 Å². The van der Waals surface area contributed by atoms with Crippen molar-refractivity contribution in [3.63, 3.8) is 0 Å². The molecule has 0 spiro atoms. The summed E-state index contributed by atoms with van der Waals surface area (Å²) in [7, 11) is -3.58. The monoisotopic (exact) mass is 456 g/mol. The van der Waals surface area contributed by atoms with Crippen LogP contribution in [-0.4, -0.2) is 25.6 Å². The van der Waals surface area contributed by atoms with Gasteiger partial charge in [-0.05, 0) is 24.3 Å². The number of hydrogen-bond acceptors (Lipinski definition) is 6. The fraction of sp³-hybridized carbons (Fsp3) is 0.158. The lowest BCUT2D eigenvalue weighted by atomic mass is 10.1. The Morgan fingerprint density at radius 3 is 2.43 bits per heavy atom. The van der Waals surface area contributed by atoms with Gasteiger partial charge in [-0.25, -0.2) is 18.2 Å². The number of hydrogen-bond donors (Lipinski definition) is 1. The molecule has 6 nitrogen and oxygen atoms in total. The summed E-state index contributed by atoms with van der Waals surface area (Å²) in [4.78, 5) is 16.6. The topological polar surface area (TPSA) is 85.4 Å². The summed E-state index contributed by atoms with van der Waals surface area (Å²) in [5.41, 5.74) is 0.304. The number of esters is 1. The molecule has 0 amide bonds. The molecule has 0 aliphatic carbocycles. The summed E-state index contributed by atoms with van der Waals surface area (Å²) in [6, 6.07) is 10.6. The maximum atomic E-state index is 12.7. The Balaban J connectivity index is 1.68. The number of aromatic nitrogens is 1. The Bertz CT molecular complexity index is 1160. The van der Waals surface area contributed by atoms with E-state index in [1.807, 2.05) is 0 Å². The van der Waals surface area contributed by atoms with E-state index in [1.165, 1.54) is 35.6 Å². The quantitative estimate of drug-likeness (QED) is 0.550. The predicted molar refractivity (Wildman–Crippen MR) is 107 cm³/mol. The number of sulfonamides is 1. The van der Waals surface area contributed by atoms with Crippen molar-refractivity contribution in [1.82, 2.24) is 4.98 Å². The largest absolute Gasteiger partial charge is 0.455 e. The van der Waals surface area contributed by atoms with Gasteiger partial charge < -0.3 is 4.74 Å². The SMILES string of the molecule is CS(=O)(=O)Nc1ccccc1C(=O)OCc1csc(-c2ccc(C(F)(F)F)cc2)n1. The number of rotatable bonds is 6. The van der Waals surface area contributed by atoms with E-state index in [4.69, 9.17) is 4.74 Å².